The second-order valence-electron chi connectivity index (χ2n) is 9.66. The maximum atomic E-state index is 10.8. The molecule has 11 N–H and O–H groups in total. The number of hydrogen-bond donors (Lipinski definition) is 9. The van der Waals surface area contributed by atoms with Crippen molar-refractivity contribution in [3.05, 3.63) is 24.8 Å². The van der Waals surface area contributed by atoms with E-state index in [1.54, 1.807) is 0 Å². The van der Waals surface area contributed by atoms with Gasteiger partial charge in [-0.15, -0.1) is 0 Å². The molecule has 3 aromatic rings. The SMILES string of the molecule is C[S+](CC[C@H](N)C(=O)O)C[C@H]1O[C@@H](n2cnc3c(N)ncnc32)[C@H](O)[C@@H]1O.O=S(=O)(O)c1cc(O)c(O)c(S(=O)(=O)O)c1.O=S(=O)([O-])[O-]. The van der Waals surface area contributed by atoms with Crippen molar-refractivity contribution in [3.63, 3.8) is 0 Å². The van der Waals surface area contributed by atoms with Gasteiger partial charge in [-0.3, -0.25) is 26.9 Å². The Labute approximate surface area is 274 Å². The highest BCUT2D eigenvalue weighted by Crippen LogP contribution is 2.35. The fourth-order valence-corrected chi connectivity index (χ4v) is 6.77. The molecule has 1 saturated heterocycles. The van der Waals surface area contributed by atoms with E-state index < -0.39 is 88.5 Å². The number of aliphatic carboxylic acids is 1. The molecule has 48 heavy (non-hydrogen) atoms. The number of aliphatic hydroxyl groups is 2. The number of phenols is 2. The maximum Gasteiger partial charge on any atom is 0.320 e. The van der Waals surface area contributed by atoms with Gasteiger partial charge in [0.2, 0.25) is 0 Å². The molecule has 1 aliphatic heterocycles. The molecule has 1 aromatic carbocycles. The average molecular weight is 766 g/mol. The van der Waals surface area contributed by atoms with E-state index in [4.69, 9.17) is 58.2 Å². The third-order valence-electron chi connectivity index (χ3n) is 6.15. The standard InChI is InChI=1S/C15H22N6O5S.C6H6O8S2.H2O4S/c1-27(3-2-7(16)15(24)25)4-8-10(22)11(23)14(26-8)21-6-20-9-12(17)18-5-19-13(9)21;7-4-1-3(15(9,10)11)2-5(6(4)8)16(12,13)14;1-5(2,3)4/h5-8,10-11,14,22-23H,2-4,16H2,1H3,(H2-,17,18,19,24,25);1-2,7-8H,(H,9,10,11)(H,12,13,14);(H2,1,2,3,4)/p-1/t7-,8+,10+,11+,14+,27?;;/m0../s1. The molecule has 3 heterocycles. The Morgan fingerprint density at radius 3 is 2.15 bits per heavy atom. The second kappa shape index (κ2) is 15.8. The van der Waals surface area contributed by atoms with E-state index in [1.807, 2.05) is 6.26 Å². The Morgan fingerprint density at radius 1 is 1.04 bits per heavy atom. The first-order chi connectivity index (χ1) is 21.8. The second-order valence-corrected chi connectivity index (χ2v) is 15.6. The number of nitrogens with zero attached hydrogens (tertiary/aromatic N) is 4. The molecule has 0 aliphatic carbocycles. The van der Waals surface area contributed by atoms with E-state index in [1.165, 1.54) is 17.2 Å². The quantitative estimate of drug-likeness (QED) is 0.0438. The molecule has 1 unspecified atom stereocenters. The molecule has 0 bridgehead atoms. The number of carbonyl (C=O) groups is 1. The van der Waals surface area contributed by atoms with Crippen LogP contribution in [-0.4, -0.2) is 137 Å². The monoisotopic (exact) mass is 765 g/mol. The minimum absolute atomic E-state index is 0.216. The number of phenolic OH excluding ortho intramolecular Hbond substituents is 2. The number of aromatic hydroxyl groups is 2. The number of carboxylic acid groups (broad SMARTS) is 1. The van der Waals surface area contributed by atoms with Gasteiger partial charge in [0, 0.05) is 22.9 Å². The first-order valence-corrected chi connectivity index (χ1v) is 18.7. The van der Waals surface area contributed by atoms with Crippen LogP contribution in [0.3, 0.4) is 0 Å². The lowest BCUT2D eigenvalue weighted by atomic mass is 10.1. The highest BCUT2D eigenvalue weighted by atomic mass is 32.3. The van der Waals surface area contributed by atoms with E-state index in [0.29, 0.717) is 41.2 Å². The van der Waals surface area contributed by atoms with Gasteiger partial charge < -0.3 is 50.8 Å². The van der Waals surface area contributed by atoms with Gasteiger partial charge in [-0.05, 0) is 17.0 Å². The molecule has 0 spiro atoms. The molecule has 270 valence electrons. The van der Waals surface area contributed by atoms with E-state index in [2.05, 4.69) is 15.0 Å². The first kappa shape index (κ1) is 40.7. The van der Waals surface area contributed by atoms with Crippen LogP contribution in [0.15, 0.2) is 34.6 Å². The molecule has 0 amide bonds. The smallest absolute Gasteiger partial charge is 0.320 e. The molecule has 6 atom stereocenters. The van der Waals surface area contributed by atoms with Crippen molar-refractivity contribution in [1.82, 2.24) is 19.5 Å². The van der Waals surface area contributed by atoms with Gasteiger partial charge in [0.05, 0.1) is 17.5 Å². The van der Waals surface area contributed by atoms with Crippen LogP contribution in [0, 0.1) is 0 Å². The Kier molecular flexibility index (Phi) is 13.4. The summed E-state index contributed by atoms with van der Waals surface area (Å²) >= 11 is 0. The van der Waals surface area contributed by atoms with Gasteiger partial charge in [-0.1, -0.05) is 0 Å². The number of benzene rings is 1. The third kappa shape index (κ3) is 11.3. The number of nitrogens with two attached hydrogens (primary N) is 2. The molecular weight excluding hydrogens is 737 g/mol. The molecule has 27 heteroatoms. The molecular formula is C21H29N6O17S4-. The molecule has 1 aliphatic rings. The van der Waals surface area contributed by atoms with Crippen LogP contribution in [0.2, 0.25) is 0 Å². The number of imidazole rings is 1. The van der Waals surface area contributed by atoms with Crippen molar-refractivity contribution in [3.8, 4) is 11.5 Å². The predicted molar refractivity (Wildman–Crippen MR) is 159 cm³/mol. The lowest BCUT2D eigenvalue weighted by Gasteiger charge is -2.16. The number of aromatic nitrogens is 4. The van der Waals surface area contributed by atoms with Crippen LogP contribution in [0.1, 0.15) is 12.6 Å². The number of fused-ring (bicyclic) bond motifs is 1. The van der Waals surface area contributed by atoms with Crippen molar-refractivity contribution in [2.45, 2.75) is 46.8 Å². The summed E-state index contributed by atoms with van der Waals surface area (Å²) in [4.78, 5) is 20.8. The van der Waals surface area contributed by atoms with Gasteiger partial charge in [0.15, 0.2) is 29.2 Å². The maximum absolute atomic E-state index is 10.8. The summed E-state index contributed by atoms with van der Waals surface area (Å²) in [7, 11) is -15.1. The number of aliphatic hydroxyl groups excluding tert-OH is 2. The first-order valence-electron chi connectivity index (χ1n) is 12.5. The van der Waals surface area contributed by atoms with Crippen LogP contribution in [0.5, 0.6) is 11.5 Å². The van der Waals surface area contributed by atoms with Crippen molar-refractivity contribution >= 4 is 64.5 Å². The Hall–Kier alpha value is -3.48. The van der Waals surface area contributed by atoms with E-state index >= 15 is 0 Å². The topological polar surface area (TPSA) is 412 Å². The van der Waals surface area contributed by atoms with Crippen LogP contribution in [-0.2, 0) is 51.1 Å². The normalized spacial score (nSPS) is 21.0. The molecule has 4 rings (SSSR count). The van der Waals surface area contributed by atoms with Crippen LogP contribution in [0.4, 0.5) is 5.82 Å². The zero-order chi connectivity index (χ0) is 36.9. The van der Waals surface area contributed by atoms with E-state index in [9.17, 15) is 31.8 Å². The lowest BCUT2D eigenvalue weighted by Crippen LogP contribution is -2.37. The third-order valence-corrected chi connectivity index (χ3v) is 9.67. The minimum Gasteiger partial charge on any atom is -0.759 e. The van der Waals surface area contributed by atoms with Crippen LogP contribution < -0.4 is 11.5 Å². The Balaban J connectivity index is 0.000000322. The van der Waals surface area contributed by atoms with Crippen molar-refractivity contribution in [2.24, 2.45) is 5.73 Å². The summed E-state index contributed by atoms with van der Waals surface area (Å²) in [5, 5.41) is 47.7. The highest BCUT2D eigenvalue weighted by Gasteiger charge is 2.46. The van der Waals surface area contributed by atoms with Crippen LogP contribution in [0.25, 0.3) is 11.2 Å². The number of carboxylic acids is 1. The summed E-state index contributed by atoms with van der Waals surface area (Å²) in [6.07, 6.45) is 1.31. The number of hydrogen-bond acceptors (Lipinski definition) is 19. The Bertz CT molecular complexity index is 1930. The minimum atomic E-state index is -5.17. The molecule has 0 radical (unpaired) electrons. The Morgan fingerprint density at radius 2 is 1.62 bits per heavy atom. The molecule has 1 fully saturated rings. The van der Waals surface area contributed by atoms with Gasteiger partial charge >= 0.3 is 5.97 Å². The summed E-state index contributed by atoms with van der Waals surface area (Å²) in [6.45, 7) is 0. The largest absolute Gasteiger partial charge is 0.759 e. The number of rotatable bonds is 9. The van der Waals surface area contributed by atoms with E-state index in [0.717, 1.165) is 0 Å². The summed E-state index contributed by atoms with van der Waals surface area (Å²) in [6, 6.07) is -0.172. The zero-order valence-electron chi connectivity index (χ0n) is 24.1. The fraction of sp³-hybridized carbons (Fsp3) is 0.429. The fourth-order valence-electron chi connectivity index (χ4n) is 3.88. The highest BCUT2D eigenvalue weighted by molar-refractivity contribution is 7.96. The number of ether oxygens (including phenoxy) is 1. The van der Waals surface area contributed by atoms with Gasteiger partial charge in [0.25, 0.3) is 20.2 Å². The van der Waals surface area contributed by atoms with E-state index in [-0.39, 0.29) is 16.7 Å². The predicted octanol–water partition coefficient (Wildman–Crippen LogP) is -3.67. The number of nitrogen functional groups attached to an aromatic ring is 1. The zero-order valence-corrected chi connectivity index (χ0v) is 27.4. The van der Waals surface area contributed by atoms with Gasteiger partial charge in [-0.25, -0.2) is 15.0 Å². The summed E-state index contributed by atoms with van der Waals surface area (Å²) in [5.41, 5.74) is 12.1. The van der Waals surface area contributed by atoms with Crippen molar-refractivity contribution < 1.29 is 78.5 Å². The summed E-state index contributed by atoms with van der Waals surface area (Å²) in [5.74, 6) is -2.07. The average Bonchev–Trinajstić information content (AvgIpc) is 3.48. The van der Waals surface area contributed by atoms with Crippen molar-refractivity contribution in [2.75, 3.05) is 23.5 Å². The van der Waals surface area contributed by atoms with Crippen molar-refractivity contribution in [1.29, 1.82) is 0 Å². The summed E-state index contributed by atoms with van der Waals surface area (Å²) < 4.78 is 101. The molecule has 0 saturated carbocycles. The van der Waals surface area contributed by atoms with Gasteiger partial charge in [-0.2, -0.15) is 16.8 Å². The molecule has 23 nitrogen and oxygen atoms in total. The van der Waals surface area contributed by atoms with Gasteiger partial charge in [0.1, 0.15) is 52.6 Å². The molecule has 2 aromatic heterocycles. The lowest BCUT2D eigenvalue weighted by molar-refractivity contribution is -0.138. The van der Waals surface area contributed by atoms with Crippen LogP contribution >= 0.6 is 0 Å². The number of anilines is 1.